The molecule has 2 aliphatic rings. The lowest BCUT2D eigenvalue weighted by molar-refractivity contribution is 0.0226. The predicted octanol–water partition coefficient (Wildman–Crippen LogP) is 3.45. The molecule has 0 saturated carbocycles. The second-order valence-electron chi connectivity index (χ2n) is 6.28. The van der Waals surface area contributed by atoms with E-state index in [4.69, 9.17) is 0 Å². The fraction of sp³-hybridized carbons (Fsp3) is 0.647. The van der Waals surface area contributed by atoms with Gasteiger partial charge in [0.1, 0.15) is 5.82 Å². The third-order valence-corrected chi connectivity index (χ3v) is 5.13. The third-order valence-electron chi connectivity index (χ3n) is 5.13. The van der Waals surface area contributed by atoms with Crippen molar-refractivity contribution in [3.8, 4) is 0 Å². The van der Waals surface area contributed by atoms with E-state index in [1.807, 2.05) is 6.07 Å². The third kappa shape index (κ3) is 2.61. The van der Waals surface area contributed by atoms with Crippen LogP contribution in [-0.2, 0) is 0 Å². The number of rotatable bonds is 3. The van der Waals surface area contributed by atoms with Crippen LogP contribution in [0.25, 0.3) is 0 Å². The van der Waals surface area contributed by atoms with Crippen molar-refractivity contribution in [3.05, 3.63) is 35.6 Å². The first-order valence-corrected chi connectivity index (χ1v) is 7.94. The SMILES string of the molecule is CCC1CN2CCCC2CN1C(C)c1cccc(F)c1. The minimum absolute atomic E-state index is 0.123. The highest BCUT2D eigenvalue weighted by molar-refractivity contribution is 5.20. The van der Waals surface area contributed by atoms with Gasteiger partial charge in [-0.25, -0.2) is 4.39 Å². The first kappa shape index (κ1) is 14.0. The monoisotopic (exact) mass is 276 g/mol. The molecule has 2 nitrogen and oxygen atoms in total. The zero-order valence-electron chi connectivity index (χ0n) is 12.6. The minimum atomic E-state index is -0.123. The molecule has 0 aromatic heterocycles. The molecule has 2 aliphatic heterocycles. The number of benzene rings is 1. The topological polar surface area (TPSA) is 6.48 Å². The van der Waals surface area contributed by atoms with Crippen LogP contribution in [0.4, 0.5) is 4.39 Å². The van der Waals surface area contributed by atoms with Gasteiger partial charge in [-0.2, -0.15) is 0 Å². The van der Waals surface area contributed by atoms with Crippen LogP contribution in [0.3, 0.4) is 0 Å². The summed E-state index contributed by atoms with van der Waals surface area (Å²) >= 11 is 0. The van der Waals surface area contributed by atoms with Crippen molar-refractivity contribution in [1.29, 1.82) is 0 Å². The van der Waals surface area contributed by atoms with Gasteiger partial charge >= 0.3 is 0 Å². The molecule has 3 rings (SSSR count). The van der Waals surface area contributed by atoms with Crippen LogP contribution < -0.4 is 0 Å². The number of hydrogen-bond acceptors (Lipinski definition) is 2. The summed E-state index contributed by atoms with van der Waals surface area (Å²) in [5, 5.41) is 0. The van der Waals surface area contributed by atoms with E-state index >= 15 is 0 Å². The van der Waals surface area contributed by atoms with Gasteiger partial charge in [-0.1, -0.05) is 19.1 Å². The summed E-state index contributed by atoms with van der Waals surface area (Å²) in [7, 11) is 0. The molecule has 20 heavy (non-hydrogen) atoms. The van der Waals surface area contributed by atoms with Crippen LogP contribution in [0.15, 0.2) is 24.3 Å². The molecule has 2 fully saturated rings. The number of piperazine rings is 1. The van der Waals surface area contributed by atoms with Crippen molar-refractivity contribution < 1.29 is 4.39 Å². The lowest BCUT2D eigenvalue weighted by Gasteiger charge is -2.46. The summed E-state index contributed by atoms with van der Waals surface area (Å²) in [5.74, 6) is -0.123. The summed E-state index contributed by atoms with van der Waals surface area (Å²) in [6.45, 7) is 8.08. The Morgan fingerprint density at radius 3 is 2.95 bits per heavy atom. The van der Waals surface area contributed by atoms with Gasteiger partial charge in [-0.05, 0) is 50.4 Å². The zero-order valence-corrected chi connectivity index (χ0v) is 12.6. The number of halogens is 1. The van der Waals surface area contributed by atoms with Crippen LogP contribution in [0.1, 0.15) is 44.7 Å². The van der Waals surface area contributed by atoms with Crippen LogP contribution >= 0.6 is 0 Å². The van der Waals surface area contributed by atoms with Crippen LogP contribution in [0.2, 0.25) is 0 Å². The van der Waals surface area contributed by atoms with E-state index in [1.54, 1.807) is 6.07 Å². The lowest BCUT2D eigenvalue weighted by atomic mass is 9.99. The van der Waals surface area contributed by atoms with E-state index in [0.717, 1.165) is 12.1 Å². The quantitative estimate of drug-likeness (QED) is 0.834. The lowest BCUT2D eigenvalue weighted by Crippen LogP contribution is -2.56. The van der Waals surface area contributed by atoms with Gasteiger partial charge in [0.2, 0.25) is 0 Å². The van der Waals surface area contributed by atoms with Gasteiger partial charge < -0.3 is 0 Å². The van der Waals surface area contributed by atoms with Gasteiger partial charge in [0.15, 0.2) is 0 Å². The Morgan fingerprint density at radius 2 is 2.20 bits per heavy atom. The maximum Gasteiger partial charge on any atom is 0.123 e. The fourth-order valence-electron chi connectivity index (χ4n) is 3.91. The van der Waals surface area contributed by atoms with E-state index in [2.05, 4.69) is 29.7 Å². The summed E-state index contributed by atoms with van der Waals surface area (Å²) in [4.78, 5) is 5.25. The molecule has 0 amide bonds. The highest BCUT2D eigenvalue weighted by Crippen LogP contribution is 2.32. The van der Waals surface area contributed by atoms with Crippen molar-refractivity contribution in [2.24, 2.45) is 0 Å². The minimum Gasteiger partial charge on any atom is -0.298 e. The average Bonchev–Trinajstić information content (AvgIpc) is 2.92. The van der Waals surface area contributed by atoms with E-state index in [1.165, 1.54) is 38.4 Å². The Morgan fingerprint density at radius 1 is 1.35 bits per heavy atom. The number of fused-ring (bicyclic) bond motifs is 1. The Kier molecular flexibility index (Phi) is 4.08. The van der Waals surface area contributed by atoms with Gasteiger partial charge in [-0.15, -0.1) is 0 Å². The maximum atomic E-state index is 13.5. The normalized spacial score (nSPS) is 29.4. The molecule has 3 heteroatoms. The predicted molar refractivity (Wildman–Crippen MR) is 80.2 cm³/mol. The summed E-state index contributed by atoms with van der Waals surface area (Å²) in [6, 6.07) is 8.73. The van der Waals surface area contributed by atoms with Crippen molar-refractivity contribution in [1.82, 2.24) is 9.80 Å². The Labute approximate surface area is 121 Å². The Balaban J connectivity index is 1.79. The van der Waals surface area contributed by atoms with Gasteiger partial charge in [0, 0.05) is 31.2 Å². The number of nitrogens with zero attached hydrogens (tertiary/aromatic N) is 2. The molecule has 0 spiro atoms. The van der Waals surface area contributed by atoms with Crippen molar-refractivity contribution in [2.45, 2.75) is 51.2 Å². The average molecular weight is 276 g/mol. The Bertz CT molecular complexity index is 462. The zero-order chi connectivity index (χ0) is 14.1. The second kappa shape index (κ2) is 5.82. The van der Waals surface area contributed by atoms with Crippen molar-refractivity contribution in [3.63, 3.8) is 0 Å². The van der Waals surface area contributed by atoms with Crippen LogP contribution in [0, 0.1) is 5.82 Å². The molecule has 3 unspecified atom stereocenters. The number of hydrogen-bond donors (Lipinski definition) is 0. The molecule has 1 aromatic carbocycles. The van der Waals surface area contributed by atoms with Gasteiger partial charge in [0.05, 0.1) is 0 Å². The molecule has 2 saturated heterocycles. The first-order valence-electron chi connectivity index (χ1n) is 7.94. The molecule has 2 heterocycles. The Hall–Kier alpha value is -0.930. The summed E-state index contributed by atoms with van der Waals surface area (Å²) < 4.78 is 13.5. The molecule has 0 aliphatic carbocycles. The van der Waals surface area contributed by atoms with E-state index in [-0.39, 0.29) is 5.82 Å². The highest BCUT2D eigenvalue weighted by atomic mass is 19.1. The highest BCUT2D eigenvalue weighted by Gasteiger charge is 2.37. The fourth-order valence-corrected chi connectivity index (χ4v) is 3.91. The molecule has 0 bridgehead atoms. The van der Waals surface area contributed by atoms with E-state index in [0.29, 0.717) is 18.1 Å². The maximum absolute atomic E-state index is 13.5. The van der Waals surface area contributed by atoms with Gasteiger partial charge in [-0.3, -0.25) is 9.80 Å². The van der Waals surface area contributed by atoms with E-state index in [9.17, 15) is 4.39 Å². The first-order chi connectivity index (χ1) is 9.69. The molecule has 1 aromatic rings. The van der Waals surface area contributed by atoms with Crippen LogP contribution in [0.5, 0.6) is 0 Å². The molecule has 110 valence electrons. The standard InChI is InChI=1S/C17H25FN2/c1-3-16-11-19-9-5-8-17(19)12-20(16)13(2)14-6-4-7-15(18)10-14/h4,6-7,10,13,16-17H,3,5,8-9,11-12H2,1-2H3. The summed E-state index contributed by atoms with van der Waals surface area (Å²) in [6.07, 6.45) is 3.83. The second-order valence-corrected chi connectivity index (χ2v) is 6.28. The molecule has 3 atom stereocenters. The van der Waals surface area contributed by atoms with Crippen molar-refractivity contribution >= 4 is 0 Å². The van der Waals surface area contributed by atoms with E-state index < -0.39 is 0 Å². The summed E-state index contributed by atoms with van der Waals surface area (Å²) in [5.41, 5.74) is 1.11. The molecule has 0 radical (unpaired) electrons. The molecule has 0 N–H and O–H groups in total. The molecular formula is C17H25FN2. The van der Waals surface area contributed by atoms with Crippen molar-refractivity contribution in [2.75, 3.05) is 19.6 Å². The molecular weight excluding hydrogens is 251 g/mol. The largest absolute Gasteiger partial charge is 0.298 e. The van der Waals surface area contributed by atoms with Crippen LogP contribution in [-0.4, -0.2) is 41.5 Å². The van der Waals surface area contributed by atoms with Gasteiger partial charge in [0.25, 0.3) is 0 Å². The smallest absolute Gasteiger partial charge is 0.123 e.